The number of hydrogen-bond donors (Lipinski definition) is 1. The monoisotopic (exact) mass is 351 g/mol. The van der Waals surface area contributed by atoms with E-state index in [0.29, 0.717) is 6.54 Å². The molecule has 1 rings (SSSR count). The molecule has 0 aliphatic heterocycles. The lowest BCUT2D eigenvalue weighted by Gasteiger charge is -2.08. The molecular weight excluding hydrogens is 312 g/mol. The Morgan fingerprint density at radius 1 is 1.04 bits per heavy atom. The van der Waals surface area contributed by atoms with Crippen LogP contribution in [0, 0.1) is 5.92 Å². The lowest BCUT2D eigenvalue weighted by Crippen LogP contribution is -2.41. The quantitative estimate of drug-likeness (QED) is 0.358. The van der Waals surface area contributed by atoms with E-state index in [2.05, 4.69) is 35.4 Å². The first-order valence-corrected chi connectivity index (χ1v) is 10.4. The molecule has 0 bridgehead atoms. The number of carbonyl (C=O) groups is 1. The Balaban J connectivity index is 2.39. The predicted molar refractivity (Wildman–Crippen MR) is 103 cm³/mol. The van der Waals surface area contributed by atoms with Crippen LogP contribution >= 0.6 is 0 Å². The Bertz CT molecular complexity index is 482. The van der Waals surface area contributed by atoms with Crippen LogP contribution in [0.3, 0.4) is 0 Å². The number of aliphatic carboxylic acids is 1. The summed E-state index contributed by atoms with van der Waals surface area (Å²) in [6, 6.07) is 0. The van der Waals surface area contributed by atoms with Crippen molar-refractivity contribution in [2.45, 2.75) is 104 Å². The van der Waals surface area contributed by atoms with Gasteiger partial charge in [0.1, 0.15) is 18.9 Å². The number of aryl methyl sites for hydroxylation is 1. The van der Waals surface area contributed by atoms with Crippen LogP contribution in [-0.4, -0.2) is 15.6 Å². The first kappa shape index (κ1) is 21.7. The maximum atomic E-state index is 11.2. The highest BCUT2D eigenvalue weighted by atomic mass is 16.4. The number of nitrogens with zero attached hydrogens (tertiary/aromatic N) is 2. The third-order valence-electron chi connectivity index (χ3n) is 4.95. The van der Waals surface area contributed by atoms with E-state index in [4.69, 9.17) is 0 Å². The van der Waals surface area contributed by atoms with Crippen molar-refractivity contribution in [3.05, 3.63) is 18.2 Å². The van der Waals surface area contributed by atoms with Gasteiger partial charge in [0.05, 0.1) is 12.5 Å². The summed E-state index contributed by atoms with van der Waals surface area (Å²) in [5, 5.41) is 9.17. The molecule has 4 heteroatoms. The van der Waals surface area contributed by atoms with Crippen molar-refractivity contribution in [2.24, 2.45) is 5.92 Å². The van der Waals surface area contributed by atoms with Crippen molar-refractivity contribution in [1.82, 2.24) is 4.57 Å². The lowest BCUT2D eigenvalue weighted by molar-refractivity contribution is -0.707. The molecule has 0 fully saturated rings. The summed E-state index contributed by atoms with van der Waals surface area (Å²) in [7, 11) is 0. The maximum Gasteiger partial charge on any atom is 0.310 e. The minimum absolute atomic E-state index is 0.343. The van der Waals surface area contributed by atoms with E-state index < -0.39 is 5.97 Å². The van der Waals surface area contributed by atoms with E-state index in [-0.39, 0.29) is 5.92 Å². The molecule has 0 aliphatic carbocycles. The molecule has 0 saturated heterocycles. The number of imidazole rings is 1. The Hall–Kier alpha value is -1.32. The van der Waals surface area contributed by atoms with E-state index in [1.54, 1.807) is 6.92 Å². The third-order valence-corrected chi connectivity index (χ3v) is 4.95. The number of aromatic nitrogens is 2. The average molecular weight is 352 g/mol. The molecule has 0 amide bonds. The van der Waals surface area contributed by atoms with Gasteiger partial charge in [0, 0.05) is 6.42 Å². The largest absolute Gasteiger partial charge is 0.481 e. The molecule has 0 radical (unpaired) electrons. The summed E-state index contributed by atoms with van der Waals surface area (Å²) in [4.78, 5) is 11.2. The van der Waals surface area contributed by atoms with Gasteiger partial charge in [0.2, 0.25) is 0 Å². The van der Waals surface area contributed by atoms with Crippen molar-refractivity contribution in [1.29, 1.82) is 0 Å². The smallest absolute Gasteiger partial charge is 0.310 e. The Kier molecular flexibility index (Phi) is 11.3. The standard InChI is InChI=1S/C21H38N2O2/c1-4-6-7-8-9-10-11-12-13-14-20-22(15-5-2)16-17-23(20)18-19(3)21(24)25/h16-17,19H,4-15,18H2,1-3H3/p+1. The number of carboxylic acids is 1. The summed E-state index contributed by atoms with van der Waals surface area (Å²) >= 11 is 0. The molecule has 1 N–H and O–H groups in total. The van der Waals surface area contributed by atoms with E-state index in [9.17, 15) is 9.90 Å². The van der Waals surface area contributed by atoms with Crippen LogP contribution in [0.15, 0.2) is 12.4 Å². The Morgan fingerprint density at radius 3 is 2.20 bits per heavy atom. The second-order valence-electron chi connectivity index (χ2n) is 7.38. The molecule has 144 valence electrons. The molecule has 1 atom stereocenters. The fourth-order valence-electron chi connectivity index (χ4n) is 3.36. The summed E-state index contributed by atoms with van der Waals surface area (Å²) < 4.78 is 4.46. The van der Waals surface area contributed by atoms with Crippen molar-refractivity contribution in [3.8, 4) is 0 Å². The number of unbranched alkanes of at least 4 members (excludes halogenated alkanes) is 8. The van der Waals surface area contributed by atoms with Crippen LogP contribution in [0.2, 0.25) is 0 Å². The predicted octanol–water partition coefficient (Wildman–Crippen LogP) is 4.98. The third kappa shape index (κ3) is 8.55. The van der Waals surface area contributed by atoms with Crippen LogP contribution in [0.25, 0.3) is 0 Å². The fourth-order valence-corrected chi connectivity index (χ4v) is 3.36. The van der Waals surface area contributed by atoms with Gasteiger partial charge in [-0.2, -0.15) is 0 Å². The minimum atomic E-state index is -0.718. The SMILES string of the molecule is CCCCCCCCCCCc1n(CCC)cc[n+]1CC(C)C(=O)O. The van der Waals surface area contributed by atoms with Crippen molar-refractivity contribution in [2.75, 3.05) is 0 Å². The number of hydrogen-bond acceptors (Lipinski definition) is 1. The molecule has 0 aliphatic rings. The zero-order valence-electron chi connectivity index (χ0n) is 16.7. The van der Waals surface area contributed by atoms with Crippen molar-refractivity contribution < 1.29 is 14.5 Å². The highest BCUT2D eigenvalue weighted by molar-refractivity contribution is 5.69. The van der Waals surface area contributed by atoms with Crippen LogP contribution < -0.4 is 4.57 Å². The van der Waals surface area contributed by atoms with Gasteiger partial charge < -0.3 is 5.11 Å². The summed E-state index contributed by atoms with van der Waals surface area (Å²) in [5.41, 5.74) is 0. The van der Waals surface area contributed by atoms with Gasteiger partial charge in [-0.15, -0.1) is 0 Å². The first-order chi connectivity index (χ1) is 12.1. The van der Waals surface area contributed by atoms with E-state index in [0.717, 1.165) is 19.4 Å². The van der Waals surface area contributed by atoms with Crippen LogP contribution in [-0.2, 0) is 24.3 Å². The van der Waals surface area contributed by atoms with Gasteiger partial charge >= 0.3 is 5.97 Å². The summed E-state index contributed by atoms with van der Waals surface area (Å²) in [6.45, 7) is 7.82. The van der Waals surface area contributed by atoms with E-state index in [1.165, 1.54) is 63.6 Å². The molecule has 4 nitrogen and oxygen atoms in total. The van der Waals surface area contributed by atoms with Crippen LogP contribution in [0.1, 0.15) is 90.8 Å². The molecule has 1 aromatic rings. The van der Waals surface area contributed by atoms with Gasteiger partial charge in [0.25, 0.3) is 5.82 Å². The Morgan fingerprint density at radius 2 is 1.64 bits per heavy atom. The second kappa shape index (κ2) is 13.0. The van der Waals surface area contributed by atoms with Gasteiger partial charge in [-0.3, -0.25) is 4.79 Å². The molecule has 1 aromatic heterocycles. The van der Waals surface area contributed by atoms with Gasteiger partial charge in [0.15, 0.2) is 0 Å². The van der Waals surface area contributed by atoms with Gasteiger partial charge in [-0.05, 0) is 19.8 Å². The Labute approximate surface area is 154 Å². The second-order valence-corrected chi connectivity index (χ2v) is 7.38. The normalized spacial score (nSPS) is 12.4. The molecule has 25 heavy (non-hydrogen) atoms. The fraction of sp³-hybridized carbons (Fsp3) is 0.810. The van der Waals surface area contributed by atoms with Crippen LogP contribution in [0.4, 0.5) is 0 Å². The first-order valence-electron chi connectivity index (χ1n) is 10.4. The van der Waals surface area contributed by atoms with Crippen LogP contribution in [0.5, 0.6) is 0 Å². The van der Waals surface area contributed by atoms with E-state index >= 15 is 0 Å². The zero-order chi connectivity index (χ0) is 18.5. The van der Waals surface area contributed by atoms with Gasteiger partial charge in [-0.25, -0.2) is 9.13 Å². The van der Waals surface area contributed by atoms with Crippen molar-refractivity contribution in [3.63, 3.8) is 0 Å². The topological polar surface area (TPSA) is 46.1 Å². The molecule has 0 saturated carbocycles. The summed E-state index contributed by atoms with van der Waals surface area (Å²) in [5.74, 6) is 0.229. The highest BCUT2D eigenvalue weighted by Crippen LogP contribution is 2.12. The highest BCUT2D eigenvalue weighted by Gasteiger charge is 2.21. The molecule has 1 unspecified atom stereocenters. The molecular formula is C21H39N2O2+. The molecule has 0 aromatic carbocycles. The zero-order valence-corrected chi connectivity index (χ0v) is 16.7. The summed E-state index contributed by atoms with van der Waals surface area (Å²) in [6.07, 6.45) is 18.3. The molecule has 0 spiro atoms. The van der Waals surface area contributed by atoms with E-state index in [1.807, 2.05) is 0 Å². The van der Waals surface area contributed by atoms with Crippen molar-refractivity contribution >= 4 is 5.97 Å². The van der Waals surface area contributed by atoms with Gasteiger partial charge in [-0.1, -0.05) is 65.2 Å². The number of carboxylic acid groups (broad SMARTS) is 1. The average Bonchev–Trinajstić information content (AvgIpc) is 2.95. The number of rotatable bonds is 15. The lowest BCUT2D eigenvalue weighted by atomic mass is 10.1. The molecule has 1 heterocycles. The maximum absolute atomic E-state index is 11.2. The minimum Gasteiger partial charge on any atom is -0.481 e.